The lowest BCUT2D eigenvalue weighted by atomic mass is 10.2. The summed E-state index contributed by atoms with van der Waals surface area (Å²) < 4.78 is 1.78. The fourth-order valence-corrected chi connectivity index (χ4v) is 1.95. The monoisotopic (exact) mass is 221 g/mol. The SMILES string of the molecule is C#N.NC(=O)c1cn(C2CCCC2)nc1N. The van der Waals surface area contributed by atoms with E-state index in [4.69, 9.17) is 16.7 Å². The molecule has 1 saturated carbocycles. The molecule has 1 aliphatic carbocycles. The first-order valence-electron chi connectivity index (χ1n) is 5.08. The van der Waals surface area contributed by atoms with Crippen molar-refractivity contribution in [3.05, 3.63) is 11.8 Å². The zero-order valence-electron chi connectivity index (χ0n) is 8.97. The number of nitriles is 1. The fraction of sp³-hybridized carbons (Fsp3) is 0.500. The molecule has 6 heteroatoms. The van der Waals surface area contributed by atoms with Gasteiger partial charge in [0.2, 0.25) is 0 Å². The predicted molar refractivity (Wildman–Crippen MR) is 59.3 cm³/mol. The van der Waals surface area contributed by atoms with Crippen LogP contribution in [0.25, 0.3) is 0 Å². The highest BCUT2D eigenvalue weighted by Gasteiger charge is 2.20. The zero-order chi connectivity index (χ0) is 12.1. The van der Waals surface area contributed by atoms with Gasteiger partial charge in [-0.05, 0) is 12.8 Å². The number of primary amides is 1. The van der Waals surface area contributed by atoms with Gasteiger partial charge in [0, 0.05) is 12.8 Å². The van der Waals surface area contributed by atoms with Gasteiger partial charge in [-0.1, -0.05) is 12.8 Å². The van der Waals surface area contributed by atoms with Crippen molar-refractivity contribution in [1.82, 2.24) is 9.78 Å². The van der Waals surface area contributed by atoms with E-state index in [1.165, 1.54) is 12.8 Å². The van der Waals surface area contributed by atoms with E-state index in [2.05, 4.69) is 11.7 Å². The second-order valence-corrected chi connectivity index (χ2v) is 3.71. The van der Waals surface area contributed by atoms with E-state index in [-0.39, 0.29) is 5.82 Å². The Balaban J connectivity index is 0.000000606. The lowest BCUT2D eigenvalue weighted by Crippen LogP contribution is -2.12. The maximum Gasteiger partial charge on any atom is 0.254 e. The highest BCUT2D eigenvalue weighted by molar-refractivity contribution is 5.96. The van der Waals surface area contributed by atoms with Crippen molar-refractivity contribution in [2.75, 3.05) is 5.73 Å². The van der Waals surface area contributed by atoms with Crippen molar-refractivity contribution in [3.8, 4) is 6.57 Å². The summed E-state index contributed by atoms with van der Waals surface area (Å²) in [4.78, 5) is 10.9. The van der Waals surface area contributed by atoms with E-state index in [1.807, 2.05) is 0 Å². The molecule has 2 rings (SSSR count). The molecule has 86 valence electrons. The first-order valence-corrected chi connectivity index (χ1v) is 5.08. The van der Waals surface area contributed by atoms with Crippen LogP contribution in [0, 0.1) is 11.8 Å². The van der Waals surface area contributed by atoms with E-state index in [0.717, 1.165) is 12.8 Å². The number of rotatable bonds is 2. The van der Waals surface area contributed by atoms with Crippen molar-refractivity contribution < 1.29 is 4.79 Å². The third-order valence-corrected chi connectivity index (χ3v) is 2.72. The van der Waals surface area contributed by atoms with Crippen molar-refractivity contribution in [1.29, 1.82) is 5.26 Å². The van der Waals surface area contributed by atoms with E-state index in [1.54, 1.807) is 10.9 Å². The van der Waals surface area contributed by atoms with Gasteiger partial charge in [0.15, 0.2) is 5.82 Å². The highest BCUT2D eigenvalue weighted by atomic mass is 16.1. The highest BCUT2D eigenvalue weighted by Crippen LogP contribution is 2.29. The molecule has 1 fully saturated rings. The molecule has 1 aliphatic rings. The number of carbonyl (C=O) groups is 1. The summed E-state index contributed by atoms with van der Waals surface area (Å²) >= 11 is 0. The van der Waals surface area contributed by atoms with Gasteiger partial charge >= 0.3 is 0 Å². The van der Waals surface area contributed by atoms with Gasteiger partial charge in [-0.2, -0.15) is 5.10 Å². The molecular weight excluding hydrogens is 206 g/mol. The smallest absolute Gasteiger partial charge is 0.254 e. The second kappa shape index (κ2) is 5.16. The van der Waals surface area contributed by atoms with E-state index in [0.29, 0.717) is 11.6 Å². The van der Waals surface area contributed by atoms with Crippen LogP contribution in [0.4, 0.5) is 5.82 Å². The van der Waals surface area contributed by atoms with Gasteiger partial charge in [-0.15, -0.1) is 0 Å². The minimum absolute atomic E-state index is 0.240. The first kappa shape index (κ1) is 12.0. The van der Waals surface area contributed by atoms with Crippen molar-refractivity contribution in [3.63, 3.8) is 0 Å². The number of nitrogens with zero attached hydrogens (tertiary/aromatic N) is 3. The van der Waals surface area contributed by atoms with E-state index < -0.39 is 5.91 Å². The Morgan fingerprint density at radius 2 is 2.06 bits per heavy atom. The lowest BCUT2D eigenvalue weighted by molar-refractivity contribution is 0.100. The Labute approximate surface area is 93.8 Å². The van der Waals surface area contributed by atoms with Gasteiger partial charge in [-0.25, -0.2) is 5.26 Å². The number of nitrogens with two attached hydrogens (primary N) is 2. The predicted octanol–water partition coefficient (Wildman–Crippen LogP) is 0.819. The molecule has 1 aromatic heterocycles. The van der Waals surface area contributed by atoms with E-state index in [9.17, 15) is 4.79 Å². The average molecular weight is 221 g/mol. The molecule has 16 heavy (non-hydrogen) atoms. The molecule has 4 N–H and O–H groups in total. The number of nitrogen functional groups attached to an aromatic ring is 1. The van der Waals surface area contributed by atoms with Crippen LogP contribution < -0.4 is 11.5 Å². The standard InChI is InChI=1S/C9H14N4O.CHN/c10-8-7(9(11)14)5-13(12-8)6-3-1-2-4-6;1-2/h5-6H,1-4H2,(H2,10,12)(H2,11,14);1H. The van der Waals surface area contributed by atoms with Gasteiger partial charge in [0.1, 0.15) is 5.56 Å². The molecule has 6 nitrogen and oxygen atoms in total. The van der Waals surface area contributed by atoms with E-state index >= 15 is 0 Å². The van der Waals surface area contributed by atoms with Crippen LogP contribution in [0.2, 0.25) is 0 Å². The summed E-state index contributed by atoms with van der Waals surface area (Å²) in [5, 5.41) is 10.6. The average Bonchev–Trinajstić information content (AvgIpc) is 2.88. The molecule has 0 bridgehead atoms. The molecule has 0 radical (unpaired) electrons. The number of carbonyl (C=O) groups excluding carboxylic acids is 1. The third kappa shape index (κ3) is 2.31. The largest absolute Gasteiger partial charge is 0.382 e. The van der Waals surface area contributed by atoms with Crippen LogP contribution in [0.5, 0.6) is 0 Å². The van der Waals surface area contributed by atoms with Crippen LogP contribution in [0.1, 0.15) is 42.1 Å². The van der Waals surface area contributed by atoms with Crippen LogP contribution >= 0.6 is 0 Å². The van der Waals surface area contributed by atoms with Crippen molar-refractivity contribution >= 4 is 11.7 Å². The maximum absolute atomic E-state index is 10.9. The maximum atomic E-state index is 10.9. The topological polar surface area (TPSA) is 111 Å². The summed E-state index contributed by atoms with van der Waals surface area (Å²) in [7, 11) is 0. The minimum atomic E-state index is -0.508. The molecule has 1 aromatic rings. The zero-order valence-corrected chi connectivity index (χ0v) is 8.97. The summed E-state index contributed by atoms with van der Waals surface area (Å²) in [6, 6.07) is 0.394. The molecular formula is C10H15N5O. The first-order chi connectivity index (χ1) is 7.68. The molecule has 0 unspecified atom stereocenters. The fourth-order valence-electron chi connectivity index (χ4n) is 1.95. The van der Waals surface area contributed by atoms with Crippen LogP contribution in [-0.2, 0) is 0 Å². The molecule has 0 spiro atoms. The Kier molecular flexibility index (Phi) is 3.89. The number of anilines is 1. The molecule has 0 saturated heterocycles. The van der Waals surface area contributed by atoms with Crippen LogP contribution in [-0.4, -0.2) is 15.7 Å². The molecule has 1 heterocycles. The number of aromatic nitrogens is 2. The third-order valence-electron chi connectivity index (χ3n) is 2.72. The normalized spacial score (nSPS) is 15.4. The molecule has 0 aromatic carbocycles. The second-order valence-electron chi connectivity index (χ2n) is 3.71. The quantitative estimate of drug-likeness (QED) is 0.769. The molecule has 0 aliphatic heterocycles. The van der Waals surface area contributed by atoms with Crippen LogP contribution in [0.15, 0.2) is 6.20 Å². The van der Waals surface area contributed by atoms with Gasteiger partial charge in [0.25, 0.3) is 5.91 Å². The number of hydrogen-bond donors (Lipinski definition) is 2. The molecule has 0 atom stereocenters. The number of hydrogen-bond acceptors (Lipinski definition) is 4. The summed E-state index contributed by atoms with van der Waals surface area (Å²) in [5.41, 5.74) is 11.1. The molecule has 1 amide bonds. The van der Waals surface area contributed by atoms with Crippen molar-refractivity contribution in [2.24, 2.45) is 5.73 Å². The van der Waals surface area contributed by atoms with Crippen LogP contribution in [0.3, 0.4) is 0 Å². The van der Waals surface area contributed by atoms with Gasteiger partial charge < -0.3 is 11.5 Å². The Morgan fingerprint density at radius 3 is 2.50 bits per heavy atom. The summed E-state index contributed by atoms with van der Waals surface area (Å²) in [6.45, 7) is 3.50. The van der Waals surface area contributed by atoms with Gasteiger partial charge in [0.05, 0.1) is 6.04 Å². The summed E-state index contributed by atoms with van der Waals surface area (Å²) in [6.07, 6.45) is 6.32. The lowest BCUT2D eigenvalue weighted by Gasteiger charge is -2.07. The summed E-state index contributed by atoms with van der Waals surface area (Å²) in [5.74, 6) is -0.267. The minimum Gasteiger partial charge on any atom is -0.382 e. The Bertz CT molecular complexity index is 389. The van der Waals surface area contributed by atoms with Crippen molar-refractivity contribution in [2.45, 2.75) is 31.7 Å². The number of amides is 1. The Morgan fingerprint density at radius 1 is 1.50 bits per heavy atom. The Hall–Kier alpha value is -2.03. The van der Waals surface area contributed by atoms with Gasteiger partial charge in [-0.3, -0.25) is 9.48 Å².